The fourth-order valence-electron chi connectivity index (χ4n) is 2.66. The molecule has 1 aromatic rings. The molecule has 1 fully saturated rings. The summed E-state index contributed by atoms with van der Waals surface area (Å²) in [7, 11) is 0.690. The van der Waals surface area contributed by atoms with Gasteiger partial charge in [0.2, 0.25) is 10.0 Å². The van der Waals surface area contributed by atoms with E-state index in [0.29, 0.717) is 28.4 Å². The molecule has 2 rings (SSSR count). The highest BCUT2D eigenvalue weighted by Gasteiger charge is 2.30. The first-order valence-electron chi connectivity index (χ1n) is 6.90. The van der Waals surface area contributed by atoms with Gasteiger partial charge in [-0.05, 0) is 67.0 Å². The van der Waals surface area contributed by atoms with Crippen molar-refractivity contribution < 1.29 is 8.42 Å². The second-order valence-electron chi connectivity index (χ2n) is 5.68. The lowest BCUT2D eigenvalue weighted by Gasteiger charge is -2.32. The molecule has 4 nitrogen and oxygen atoms in total. The Balaban J connectivity index is 2.13. The molecule has 0 spiro atoms. The summed E-state index contributed by atoms with van der Waals surface area (Å²) in [6.45, 7) is 2.22. The van der Waals surface area contributed by atoms with Gasteiger partial charge >= 0.3 is 0 Å². The maximum atomic E-state index is 12.8. The van der Waals surface area contributed by atoms with E-state index in [1.54, 1.807) is 16.4 Å². The SMILES string of the molecule is CN(C)CC1CCN(S(=O)(=O)c2cc(Br)ccc2Br)CC1. The monoisotopic (exact) mass is 438 g/mol. The topological polar surface area (TPSA) is 40.6 Å². The molecule has 0 bridgehead atoms. The first-order valence-corrected chi connectivity index (χ1v) is 9.93. The van der Waals surface area contributed by atoms with Gasteiger partial charge in [0.15, 0.2) is 0 Å². The molecule has 118 valence electrons. The molecule has 0 saturated carbocycles. The van der Waals surface area contributed by atoms with Gasteiger partial charge in [-0.15, -0.1) is 0 Å². The third kappa shape index (κ3) is 4.28. The maximum Gasteiger partial charge on any atom is 0.244 e. The van der Waals surface area contributed by atoms with Crippen LogP contribution in [0.5, 0.6) is 0 Å². The highest BCUT2D eigenvalue weighted by Crippen LogP contribution is 2.30. The predicted octanol–water partition coefficient (Wildman–Crippen LogP) is 3.17. The third-order valence-corrected chi connectivity index (χ3v) is 7.09. The van der Waals surface area contributed by atoms with Crippen molar-refractivity contribution in [2.24, 2.45) is 5.92 Å². The van der Waals surface area contributed by atoms with Crippen LogP contribution in [-0.4, -0.2) is 51.4 Å². The fraction of sp³-hybridized carbons (Fsp3) is 0.571. The molecule has 1 saturated heterocycles. The molecule has 1 aliphatic heterocycles. The number of halogens is 2. The van der Waals surface area contributed by atoms with Crippen LogP contribution in [0.15, 0.2) is 32.0 Å². The Kier molecular flexibility index (Phi) is 5.87. The second-order valence-corrected chi connectivity index (χ2v) is 9.36. The van der Waals surface area contributed by atoms with Crippen LogP contribution in [-0.2, 0) is 10.0 Å². The Bertz CT molecular complexity index is 597. The molecule has 1 aromatic carbocycles. The summed E-state index contributed by atoms with van der Waals surface area (Å²) in [5, 5.41) is 0. The number of rotatable bonds is 4. The first kappa shape index (κ1) is 17.4. The van der Waals surface area contributed by atoms with Crippen molar-refractivity contribution >= 4 is 41.9 Å². The molecule has 1 aliphatic rings. The van der Waals surface area contributed by atoms with E-state index in [1.165, 1.54) is 0 Å². The molecule has 0 amide bonds. The average Bonchev–Trinajstić information content (AvgIpc) is 2.41. The summed E-state index contributed by atoms with van der Waals surface area (Å²) < 4.78 is 28.5. The predicted molar refractivity (Wildman–Crippen MR) is 91.9 cm³/mol. The molecule has 0 unspecified atom stereocenters. The normalized spacial score (nSPS) is 18.3. The third-order valence-electron chi connectivity index (χ3n) is 3.71. The van der Waals surface area contributed by atoms with Crippen molar-refractivity contribution in [2.75, 3.05) is 33.7 Å². The van der Waals surface area contributed by atoms with Crippen LogP contribution < -0.4 is 0 Å². The van der Waals surface area contributed by atoms with Crippen LogP contribution in [0.25, 0.3) is 0 Å². The van der Waals surface area contributed by atoms with E-state index in [9.17, 15) is 8.42 Å². The van der Waals surface area contributed by atoms with Crippen molar-refractivity contribution in [2.45, 2.75) is 17.7 Å². The molecular weight excluding hydrogens is 420 g/mol. The van der Waals surface area contributed by atoms with Crippen molar-refractivity contribution in [1.82, 2.24) is 9.21 Å². The van der Waals surface area contributed by atoms with Gasteiger partial charge in [-0.2, -0.15) is 4.31 Å². The smallest absolute Gasteiger partial charge is 0.244 e. The van der Waals surface area contributed by atoms with Crippen LogP contribution in [0.4, 0.5) is 0 Å². The largest absolute Gasteiger partial charge is 0.309 e. The minimum Gasteiger partial charge on any atom is -0.309 e. The summed E-state index contributed by atoms with van der Waals surface area (Å²) in [5.41, 5.74) is 0. The molecular formula is C14H20Br2N2O2S. The van der Waals surface area contributed by atoms with Crippen molar-refractivity contribution in [3.8, 4) is 0 Å². The van der Waals surface area contributed by atoms with Gasteiger partial charge in [-0.1, -0.05) is 15.9 Å². The Morgan fingerprint density at radius 1 is 1.24 bits per heavy atom. The van der Waals surface area contributed by atoms with Crippen LogP contribution in [0, 0.1) is 5.92 Å². The number of sulfonamides is 1. The maximum absolute atomic E-state index is 12.8. The Hall–Kier alpha value is 0.0500. The van der Waals surface area contributed by atoms with E-state index < -0.39 is 10.0 Å². The molecule has 0 radical (unpaired) electrons. The molecule has 21 heavy (non-hydrogen) atoms. The number of piperidine rings is 1. The number of hydrogen-bond donors (Lipinski definition) is 0. The fourth-order valence-corrected chi connectivity index (χ4v) is 5.60. The van der Waals surface area contributed by atoms with Gasteiger partial charge in [0.25, 0.3) is 0 Å². The van der Waals surface area contributed by atoms with Gasteiger partial charge < -0.3 is 4.90 Å². The lowest BCUT2D eigenvalue weighted by Crippen LogP contribution is -2.40. The lowest BCUT2D eigenvalue weighted by molar-refractivity contribution is 0.225. The van der Waals surface area contributed by atoms with Crippen molar-refractivity contribution in [3.63, 3.8) is 0 Å². The highest BCUT2D eigenvalue weighted by atomic mass is 79.9. The Labute approximate surface area is 143 Å². The van der Waals surface area contributed by atoms with E-state index in [2.05, 4.69) is 50.9 Å². The quantitative estimate of drug-likeness (QED) is 0.723. The zero-order chi connectivity index (χ0) is 15.6. The van der Waals surface area contributed by atoms with E-state index >= 15 is 0 Å². The summed E-state index contributed by atoms with van der Waals surface area (Å²) in [4.78, 5) is 2.50. The van der Waals surface area contributed by atoms with Crippen LogP contribution in [0.2, 0.25) is 0 Å². The molecule has 0 aliphatic carbocycles. The molecule has 0 atom stereocenters. The zero-order valence-corrected chi connectivity index (χ0v) is 16.2. The van der Waals surface area contributed by atoms with Crippen LogP contribution in [0.1, 0.15) is 12.8 Å². The minimum absolute atomic E-state index is 0.336. The van der Waals surface area contributed by atoms with Gasteiger partial charge in [0, 0.05) is 28.6 Å². The zero-order valence-electron chi connectivity index (χ0n) is 12.2. The van der Waals surface area contributed by atoms with E-state index in [4.69, 9.17) is 0 Å². The van der Waals surface area contributed by atoms with E-state index in [1.807, 2.05) is 6.07 Å². The minimum atomic E-state index is -3.42. The summed E-state index contributed by atoms with van der Waals surface area (Å²) in [6.07, 6.45) is 1.84. The second kappa shape index (κ2) is 7.08. The van der Waals surface area contributed by atoms with Crippen molar-refractivity contribution in [3.05, 3.63) is 27.1 Å². The molecule has 0 N–H and O–H groups in total. The van der Waals surface area contributed by atoms with Gasteiger partial charge in [-0.3, -0.25) is 0 Å². The standard InChI is InChI=1S/C14H20Br2N2O2S/c1-17(2)10-11-5-7-18(8-6-11)21(19,20)14-9-12(15)3-4-13(14)16/h3-4,9,11H,5-8,10H2,1-2H3. The lowest BCUT2D eigenvalue weighted by atomic mass is 9.98. The summed E-state index contributed by atoms with van der Waals surface area (Å²) in [6, 6.07) is 5.24. The van der Waals surface area contributed by atoms with Gasteiger partial charge in [-0.25, -0.2) is 8.42 Å². The van der Waals surface area contributed by atoms with Crippen molar-refractivity contribution in [1.29, 1.82) is 0 Å². The Morgan fingerprint density at radius 2 is 1.86 bits per heavy atom. The van der Waals surface area contributed by atoms with Crippen LogP contribution in [0.3, 0.4) is 0 Å². The number of nitrogens with zero attached hydrogens (tertiary/aromatic N) is 2. The summed E-state index contributed by atoms with van der Waals surface area (Å²) in [5.74, 6) is 0.581. The Morgan fingerprint density at radius 3 is 2.43 bits per heavy atom. The molecule has 7 heteroatoms. The summed E-state index contributed by atoms with van der Waals surface area (Å²) >= 11 is 6.68. The van der Waals surface area contributed by atoms with Gasteiger partial charge in [0.1, 0.15) is 0 Å². The van der Waals surface area contributed by atoms with E-state index in [0.717, 1.165) is 23.9 Å². The van der Waals surface area contributed by atoms with Crippen LogP contribution >= 0.6 is 31.9 Å². The molecule has 1 heterocycles. The molecule has 0 aromatic heterocycles. The first-order chi connectivity index (χ1) is 9.80. The number of benzene rings is 1. The average molecular weight is 440 g/mol. The van der Waals surface area contributed by atoms with E-state index in [-0.39, 0.29) is 0 Å². The highest BCUT2D eigenvalue weighted by molar-refractivity contribution is 9.11. The van der Waals surface area contributed by atoms with Gasteiger partial charge in [0.05, 0.1) is 4.90 Å². The number of hydrogen-bond acceptors (Lipinski definition) is 3.